The Morgan fingerprint density at radius 1 is 1.67 bits per heavy atom. The van der Waals surface area contributed by atoms with Gasteiger partial charge in [-0.1, -0.05) is 6.92 Å². The fraction of sp³-hybridized carbons (Fsp3) is 0.889. The van der Waals surface area contributed by atoms with E-state index in [9.17, 15) is 4.79 Å². The fourth-order valence-electron chi connectivity index (χ4n) is 1.35. The van der Waals surface area contributed by atoms with Gasteiger partial charge in [-0.3, -0.25) is 4.79 Å². The molecule has 12 heavy (non-hydrogen) atoms. The van der Waals surface area contributed by atoms with Crippen LogP contribution in [-0.4, -0.2) is 25.2 Å². The van der Waals surface area contributed by atoms with E-state index in [1.54, 1.807) is 0 Å². The molecule has 1 atom stereocenters. The maximum absolute atomic E-state index is 11.0. The molecular formula is C9H17NO2. The number of hydrogen-bond donors (Lipinski definition) is 1. The van der Waals surface area contributed by atoms with Gasteiger partial charge in [0, 0.05) is 19.6 Å². The molecule has 0 aliphatic carbocycles. The molecule has 0 saturated carbocycles. The predicted molar refractivity (Wildman–Crippen MR) is 46.9 cm³/mol. The van der Waals surface area contributed by atoms with Crippen molar-refractivity contribution in [3.05, 3.63) is 0 Å². The van der Waals surface area contributed by atoms with Crippen molar-refractivity contribution in [2.24, 2.45) is 0 Å². The third-order valence-electron chi connectivity index (χ3n) is 2.03. The normalized spacial score (nSPS) is 22.6. The lowest BCUT2D eigenvalue weighted by Gasteiger charge is -2.09. The van der Waals surface area contributed by atoms with Gasteiger partial charge in [-0.05, 0) is 19.3 Å². The van der Waals surface area contributed by atoms with Gasteiger partial charge in [-0.25, -0.2) is 0 Å². The van der Waals surface area contributed by atoms with E-state index < -0.39 is 0 Å². The van der Waals surface area contributed by atoms with E-state index in [0.717, 1.165) is 25.9 Å². The van der Waals surface area contributed by atoms with Gasteiger partial charge in [-0.15, -0.1) is 0 Å². The van der Waals surface area contributed by atoms with E-state index in [4.69, 9.17) is 4.74 Å². The van der Waals surface area contributed by atoms with Crippen LogP contribution in [0.1, 0.15) is 32.6 Å². The van der Waals surface area contributed by atoms with Crippen LogP contribution in [0.25, 0.3) is 0 Å². The van der Waals surface area contributed by atoms with Crippen LogP contribution in [0.15, 0.2) is 0 Å². The Labute approximate surface area is 73.5 Å². The molecule has 1 aliphatic heterocycles. The summed E-state index contributed by atoms with van der Waals surface area (Å²) >= 11 is 0. The number of nitrogens with one attached hydrogen (secondary N) is 1. The quantitative estimate of drug-likeness (QED) is 0.687. The van der Waals surface area contributed by atoms with E-state index in [2.05, 4.69) is 5.32 Å². The number of ether oxygens (including phenoxy) is 1. The van der Waals surface area contributed by atoms with Gasteiger partial charge in [0.2, 0.25) is 5.91 Å². The van der Waals surface area contributed by atoms with Crippen LogP contribution in [-0.2, 0) is 9.53 Å². The smallest absolute Gasteiger partial charge is 0.220 e. The van der Waals surface area contributed by atoms with Crippen molar-refractivity contribution in [3.8, 4) is 0 Å². The van der Waals surface area contributed by atoms with Gasteiger partial charge < -0.3 is 10.1 Å². The van der Waals surface area contributed by atoms with Crippen LogP contribution in [0.3, 0.4) is 0 Å². The first-order chi connectivity index (χ1) is 5.83. The largest absolute Gasteiger partial charge is 0.376 e. The van der Waals surface area contributed by atoms with Crippen LogP contribution in [0, 0.1) is 0 Å². The van der Waals surface area contributed by atoms with Gasteiger partial charge in [0.25, 0.3) is 0 Å². The van der Waals surface area contributed by atoms with Crippen molar-refractivity contribution >= 4 is 5.91 Å². The minimum absolute atomic E-state index is 0.146. The number of amides is 1. The summed E-state index contributed by atoms with van der Waals surface area (Å²) in [7, 11) is 0. The zero-order chi connectivity index (χ0) is 8.81. The first kappa shape index (κ1) is 9.52. The van der Waals surface area contributed by atoms with E-state index in [-0.39, 0.29) is 12.0 Å². The Balaban J connectivity index is 2.03. The molecule has 1 amide bonds. The van der Waals surface area contributed by atoms with Gasteiger partial charge in [0.1, 0.15) is 0 Å². The monoisotopic (exact) mass is 171 g/mol. The number of rotatable bonds is 4. The molecule has 1 N–H and O–H groups in total. The summed E-state index contributed by atoms with van der Waals surface area (Å²) in [6.45, 7) is 3.55. The van der Waals surface area contributed by atoms with Crippen molar-refractivity contribution in [1.29, 1.82) is 0 Å². The molecule has 0 spiro atoms. The highest BCUT2D eigenvalue weighted by atomic mass is 16.5. The van der Waals surface area contributed by atoms with E-state index in [0.29, 0.717) is 13.0 Å². The van der Waals surface area contributed by atoms with Crippen LogP contribution < -0.4 is 5.32 Å². The SMILES string of the molecule is CCCC(=O)NC[C@@H]1CCCO1. The molecule has 1 fully saturated rings. The van der Waals surface area contributed by atoms with E-state index in [1.807, 2.05) is 6.92 Å². The van der Waals surface area contributed by atoms with E-state index >= 15 is 0 Å². The van der Waals surface area contributed by atoms with Gasteiger partial charge in [0.15, 0.2) is 0 Å². The minimum Gasteiger partial charge on any atom is -0.376 e. The van der Waals surface area contributed by atoms with Crippen LogP contribution in [0.5, 0.6) is 0 Å². The molecule has 1 saturated heterocycles. The summed E-state index contributed by atoms with van der Waals surface area (Å²) in [6.07, 6.45) is 4.04. The summed E-state index contributed by atoms with van der Waals surface area (Å²) in [4.78, 5) is 11.0. The van der Waals surface area contributed by atoms with Crippen molar-refractivity contribution < 1.29 is 9.53 Å². The molecule has 1 rings (SSSR count). The van der Waals surface area contributed by atoms with E-state index in [1.165, 1.54) is 0 Å². The second-order valence-corrected chi connectivity index (χ2v) is 3.19. The van der Waals surface area contributed by atoms with Crippen molar-refractivity contribution in [3.63, 3.8) is 0 Å². The van der Waals surface area contributed by atoms with Crippen molar-refractivity contribution in [2.45, 2.75) is 38.7 Å². The number of carbonyl (C=O) groups is 1. The highest BCUT2D eigenvalue weighted by Crippen LogP contribution is 2.10. The summed E-state index contributed by atoms with van der Waals surface area (Å²) in [5, 5.41) is 2.86. The molecule has 3 nitrogen and oxygen atoms in total. The second-order valence-electron chi connectivity index (χ2n) is 3.19. The van der Waals surface area contributed by atoms with Gasteiger partial charge in [-0.2, -0.15) is 0 Å². The first-order valence-corrected chi connectivity index (χ1v) is 4.71. The number of carbonyl (C=O) groups excluding carboxylic acids is 1. The summed E-state index contributed by atoms with van der Waals surface area (Å²) in [5.74, 6) is 0.146. The van der Waals surface area contributed by atoms with Gasteiger partial charge in [0.05, 0.1) is 6.10 Å². The van der Waals surface area contributed by atoms with Crippen molar-refractivity contribution in [2.75, 3.05) is 13.2 Å². The lowest BCUT2D eigenvalue weighted by Crippen LogP contribution is -2.31. The molecular weight excluding hydrogens is 154 g/mol. The molecule has 0 unspecified atom stereocenters. The maximum atomic E-state index is 11.0. The topological polar surface area (TPSA) is 38.3 Å². The molecule has 1 heterocycles. The highest BCUT2D eigenvalue weighted by Gasteiger charge is 2.15. The molecule has 1 aliphatic rings. The Morgan fingerprint density at radius 3 is 3.08 bits per heavy atom. The second kappa shape index (κ2) is 5.14. The average molecular weight is 171 g/mol. The lowest BCUT2D eigenvalue weighted by molar-refractivity contribution is -0.121. The minimum atomic E-state index is 0.146. The predicted octanol–water partition coefficient (Wildman–Crippen LogP) is 1.08. The Bertz CT molecular complexity index is 141. The van der Waals surface area contributed by atoms with Crippen LogP contribution in [0.4, 0.5) is 0 Å². The standard InChI is InChI=1S/C9H17NO2/c1-2-4-9(11)10-7-8-5-3-6-12-8/h8H,2-7H2,1H3,(H,10,11)/t8-/m0/s1. The third-order valence-corrected chi connectivity index (χ3v) is 2.03. The Morgan fingerprint density at radius 2 is 2.50 bits per heavy atom. The molecule has 0 aromatic rings. The summed E-state index contributed by atoms with van der Waals surface area (Å²) in [6, 6.07) is 0. The van der Waals surface area contributed by atoms with Crippen molar-refractivity contribution in [1.82, 2.24) is 5.32 Å². The molecule has 0 aromatic heterocycles. The maximum Gasteiger partial charge on any atom is 0.220 e. The van der Waals surface area contributed by atoms with Gasteiger partial charge >= 0.3 is 0 Å². The first-order valence-electron chi connectivity index (χ1n) is 4.71. The molecule has 0 radical (unpaired) electrons. The zero-order valence-electron chi connectivity index (χ0n) is 7.64. The Hall–Kier alpha value is -0.570. The van der Waals surface area contributed by atoms with Crippen LogP contribution >= 0.6 is 0 Å². The highest BCUT2D eigenvalue weighted by molar-refractivity contribution is 5.75. The fourth-order valence-corrected chi connectivity index (χ4v) is 1.35. The Kier molecular flexibility index (Phi) is 4.08. The summed E-state index contributed by atoms with van der Waals surface area (Å²) < 4.78 is 5.37. The number of hydrogen-bond acceptors (Lipinski definition) is 2. The van der Waals surface area contributed by atoms with Crippen LogP contribution in [0.2, 0.25) is 0 Å². The summed E-state index contributed by atoms with van der Waals surface area (Å²) in [5.41, 5.74) is 0. The molecule has 3 heteroatoms. The lowest BCUT2D eigenvalue weighted by atomic mass is 10.2. The molecule has 70 valence electrons. The zero-order valence-corrected chi connectivity index (χ0v) is 7.64. The average Bonchev–Trinajstić information content (AvgIpc) is 2.53. The molecule has 0 bridgehead atoms. The molecule has 0 aromatic carbocycles. The third kappa shape index (κ3) is 3.22.